The van der Waals surface area contributed by atoms with Gasteiger partial charge in [-0.3, -0.25) is 4.79 Å². The van der Waals surface area contributed by atoms with Crippen molar-refractivity contribution in [3.8, 4) is 5.75 Å². The first-order chi connectivity index (χ1) is 9.06. The molecule has 1 aromatic carbocycles. The number of carbonyl (C=O) groups excluding carboxylic acids is 1. The zero-order valence-corrected chi connectivity index (χ0v) is 12.3. The van der Waals surface area contributed by atoms with E-state index in [4.69, 9.17) is 4.74 Å². The quantitative estimate of drug-likeness (QED) is 0.819. The van der Waals surface area contributed by atoms with Crippen LogP contribution in [-0.4, -0.2) is 37.6 Å². The van der Waals surface area contributed by atoms with Crippen molar-refractivity contribution in [2.24, 2.45) is 0 Å². The average molecular weight is 264 g/mol. The van der Waals surface area contributed by atoms with E-state index in [1.165, 1.54) is 0 Å². The Bertz CT molecular complexity index is 407. The summed E-state index contributed by atoms with van der Waals surface area (Å²) in [5.41, 5.74) is 1.08. The molecule has 0 heterocycles. The molecule has 1 N–H and O–H groups in total. The summed E-state index contributed by atoms with van der Waals surface area (Å²) < 4.78 is 5.18. The number of hydrogen-bond donors (Lipinski definition) is 1. The predicted octanol–water partition coefficient (Wildman–Crippen LogP) is 2.04. The lowest BCUT2D eigenvalue weighted by Crippen LogP contribution is -2.34. The fourth-order valence-corrected chi connectivity index (χ4v) is 1.97. The fourth-order valence-electron chi connectivity index (χ4n) is 1.97. The van der Waals surface area contributed by atoms with Gasteiger partial charge in [0.05, 0.1) is 7.11 Å². The van der Waals surface area contributed by atoms with Gasteiger partial charge in [-0.25, -0.2) is 0 Å². The maximum atomic E-state index is 12.0. The lowest BCUT2D eigenvalue weighted by atomic mass is 10.1. The maximum Gasteiger partial charge on any atom is 0.224 e. The average Bonchev–Trinajstić information content (AvgIpc) is 2.39. The van der Waals surface area contributed by atoms with E-state index in [9.17, 15) is 4.79 Å². The van der Waals surface area contributed by atoms with E-state index in [1.54, 1.807) is 12.0 Å². The molecule has 0 spiro atoms. The molecule has 0 saturated carbocycles. The molecule has 4 nitrogen and oxygen atoms in total. The van der Waals surface area contributed by atoms with E-state index in [0.717, 1.165) is 17.9 Å². The van der Waals surface area contributed by atoms with Crippen molar-refractivity contribution >= 4 is 5.91 Å². The molecule has 0 radical (unpaired) electrons. The molecule has 1 unspecified atom stereocenters. The number of nitrogens with zero attached hydrogens (tertiary/aromatic N) is 1. The van der Waals surface area contributed by atoms with Gasteiger partial charge in [0.2, 0.25) is 5.91 Å². The number of nitrogens with one attached hydrogen (secondary N) is 1. The van der Waals surface area contributed by atoms with Crippen LogP contribution in [0.3, 0.4) is 0 Å². The van der Waals surface area contributed by atoms with Gasteiger partial charge in [0.1, 0.15) is 5.75 Å². The second kappa shape index (κ2) is 7.79. The number of carbonyl (C=O) groups is 1. The molecule has 0 bridgehead atoms. The molecule has 0 aliphatic carbocycles. The zero-order valence-electron chi connectivity index (χ0n) is 12.3. The van der Waals surface area contributed by atoms with E-state index in [-0.39, 0.29) is 11.9 Å². The Balaban J connectivity index is 2.53. The van der Waals surface area contributed by atoms with E-state index in [1.807, 2.05) is 45.2 Å². The number of methoxy groups -OCH3 is 1. The molecule has 1 aromatic rings. The molecule has 0 fully saturated rings. The molecular formula is C15H24N2O2. The summed E-state index contributed by atoms with van der Waals surface area (Å²) in [7, 11) is 3.48. The van der Waals surface area contributed by atoms with Gasteiger partial charge >= 0.3 is 0 Å². The summed E-state index contributed by atoms with van der Waals surface area (Å²) in [5.74, 6) is 0.968. The molecule has 4 heteroatoms. The normalized spacial score (nSPS) is 12.0. The van der Waals surface area contributed by atoms with Gasteiger partial charge in [0, 0.05) is 26.1 Å². The third-order valence-electron chi connectivity index (χ3n) is 3.01. The third kappa shape index (κ3) is 5.30. The van der Waals surface area contributed by atoms with Gasteiger partial charge in [-0.15, -0.1) is 0 Å². The van der Waals surface area contributed by atoms with Crippen LogP contribution >= 0.6 is 0 Å². The Hall–Kier alpha value is -1.55. The molecule has 106 valence electrons. The van der Waals surface area contributed by atoms with E-state index >= 15 is 0 Å². The topological polar surface area (TPSA) is 41.6 Å². The lowest BCUT2D eigenvalue weighted by molar-refractivity contribution is -0.130. The number of rotatable bonds is 7. The van der Waals surface area contributed by atoms with Crippen LogP contribution in [0, 0.1) is 0 Å². The van der Waals surface area contributed by atoms with E-state index in [0.29, 0.717) is 13.0 Å². The van der Waals surface area contributed by atoms with Crippen LogP contribution in [0.5, 0.6) is 5.75 Å². The van der Waals surface area contributed by atoms with Gasteiger partial charge in [-0.2, -0.15) is 0 Å². The second-order valence-electron chi connectivity index (χ2n) is 4.76. The van der Waals surface area contributed by atoms with Crippen LogP contribution in [-0.2, 0) is 11.3 Å². The Morgan fingerprint density at radius 3 is 2.84 bits per heavy atom. The van der Waals surface area contributed by atoms with Crippen LogP contribution in [0.2, 0.25) is 0 Å². The van der Waals surface area contributed by atoms with Crippen LogP contribution in [0.15, 0.2) is 24.3 Å². The van der Waals surface area contributed by atoms with Gasteiger partial charge in [0.15, 0.2) is 0 Å². The van der Waals surface area contributed by atoms with Crippen LogP contribution in [0.25, 0.3) is 0 Å². The van der Waals surface area contributed by atoms with Crippen molar-refractivity contribution in [3.63, 3.8) is 0 Å². The van der Waals surface area contributed by atoms with Crippen LogP contribution in [0.1, 0.15) is 25.8 Å². The SMILES string of the molecule is CCNC(C)CC(=O)N(C)Cc1cccc(OC)c1. The van der Waals surface area contributed by atoms with Crippen LogP contribution < -0.4 is 10.1 Å². The van der Waals surface area contributed by atoms with Gasteiger partial charge in [-0.1, -0.05) is 19.1 Å². The Morgan fingerprint density at radius 2 is 2.21 bits per heavy atom. The highest BCUT2D eigenvalue weighted by Crippen LogP contribution is 2.14. The minimum absolute atomic E-state index is 0.149. The first-order valence-corrected chi connectivity index (χ1v) is 6.67. The Labute approximate surface area is 115 Å². The number of hydrogen-bond acceptors (Lipinski definition) is 3. The molecule has 1 amide bonds. The van der Waals surface area contributed by atoms with Crippen molar-refractivity contribution in [2.45, 2.75) is 32.9 Å². The summed E-state index contributed by atoms with van der Waals surface area (Å²) in [6.45, 7) is 5.56. The lowest BCUT2D eigenvalue weighted by Gasteiger charge is -2.20. The van der Waals surface area contributed by atoms with Crippen molar-refractivity contribution in [1.82, 2.24) is 10.2 Å². The number of ether oxygens (including phenoxy) is 1. The molecule has 0 saturated heterocycles. The standard InChI is InChI=1S/C15H24N2O2/c1-5-16-12(2)9-15(18)17(3)11-13-7-6-8-14(10-13)19-4/h6-8,10,12,16H,5,9,11H2,1-4H3. The maximum absolute atomic E-state index is 12.0. The Kier molecular flexibility index (Phi) is 6.36. The highest BCUT2D eigenvalue weighted by molar-refractivity contribution is 5.76. The smallest absolute Gasteiger partial charge is 0.224 e. The van der Waals surface area contributed by atoms with Crippen molar-refractivity contribution in [1.29, 1.82) is 0 Å². The van der Waals surface area contributed by atoms with Crippen molar-refractivity contribution in [2.75, 3.05) is 20.7 Å². The molecule has 0 aliphatic heterocycles. The molecule has 0 aliphatic rings. The zero-order chi connectivity index (χ0) is 14.3. The minimum atomic E-state index is 0.149. The summed E-state index contributed by atoms with van der Waals surface area (Å²) in [4.78, 5) is 13.8. The highest BCUT2D eigenvalue weighted by atomic mass is 16.5. The molecule has 0 aromatic heterocycles. The summed E-state index contributed by atoms with van der Waals surface area (Å²) in [5, 5.41) is 3.25. The molecule has 19 heavy (non-hydrogen) atoms. The monoisotopic (exact) mass is 264 g/mol. The number of benzene rings is 1. The van der Waals surface area contributed by atoms with Gasteiger partial charge in [0.25, 0.3) is 0 Å². The predicted molar refractivity (Wildman–Crippen MR) is 77.2 cm³/mol. The first kappa shape index (κ1) is 15.5. The fraction of sp³-hybridized carbons (Fsp3) is 0.533. The molecule has 1 atom stereocenters. The van der Waals surface area contributed by atoms with Crippen molar-refractivity contribution in [3.05, 3.63) is 29.8 Å². The van der Waals surface area contributed by atoms with E-state index < -0.39 is 0 Å². The van der Waals surface area contributed by atoms with Crippen LogP contribution in [0.4, 0.5) is 0 Å². The summed E-state index contributed by atoms with van der Waals surface area (Å²) in [6.07, 6.45) is 0.522. The second-order valence-corrected chi connectivity index (χ2v) is 4.76. The van der Waals surface area contributed by atoms with Gasteiger partial charge < -0.3 is 15.0 Å². The summed E-state index contributed by atoms with van der Waals surface area (Å²) >= 11 is 0. The van der Waals surface area contributed by atoms with Crippen molar-refractivity contribution < 1.29 is 9.53 Å². The number of amides is 1. The highest BCUT2D eigenvalue weighted by Gasteiger charge is 2.13. The first-order valence-electron chi connectivity index (χ1n) is 6.67. The van der Waals surface area contributed by atoms with E-state index in [2.05, 4.69) is 5.32 Å². The summed E-state index contributed by atoms with van der Waals surface area (Å²) in [6, 6.07) is 8.01. The Morgan fingerprint density at radius 1 is 1.47 bits per heavy atom. The largest absolute Gasteiger partial charge is 0.497 e. The minimum Gasteiger partial charge on any atom is -0.497 e. The third-order valence-corrected chi connectivity index (χ3v) is 3.01. The molecule has 1 rings (SSSR count). The molecular weight excluding hydrogens is 240 g/mol. The van der Waals surface area contributed by atoms with Gasteiger partial charge in [-0.05, 0) is 31.2 Å².